The average molecular weight is 957 g/mol. The van der Waals surface area contributed by atoms with Gasteiger partial charge in [-0.1, -0.05) is 197 Å². The SMILES string of the molecule is CCCCCCC(CCCCC)Oc1ccc2ccccc2c1-c1c2ccc(Br)cc2c(-c2c(OC(CCCCC)CCCCCC)ccc3ccccc23)c2ccc(Br)cc12. The van der Waals surface area contributed by atoms with Crippen molar-refractivity contribution in [1.82, 2.24) is 0 Å². The predicted octanol–water partition coefficient (Wildman–Crippen LogP) is 19.8. The highest BCUT2D eigenvalue weighted by molar-refractivity contribution is 9.10. The lowest BCUT2D eigenvalue weighted by molar-refractivity contribution is 0.174. The van der Waals surface area contributed by atoms with Crippen LogP contribution in [0.1, 0.15) is 143 Å². The van der Waals surface area contributed by atoms with Gasteiger partial charge in [-0.2, -0.15) is 0 Å². The number of unbranched alkanes of at least 4 members (excludes halogenated alkanes) is 10. The van der Waals surface area contributed by atoms with Crippen molar-refractivity contribution in [3.8, 4) is 33.8 Å². The largest absolute Gasteiger partial charge is 0.490 e. The van der Waals surface area contributed by atoms with E-state index in [-0.39, 0.29) is 12.2 Å². The van der Waals surface area contributed by atoms with Gasteiger partial charge in [-0.05, 0) is 131 Å². The van der Waals surface area contributed by atoms with E-state index in [1.54, 1.807) is 0 Å². The summed E-state index contributed by atoms with van der Waals surface area (Å²) in [5, 5.41) is 9.69. The van der Waals surface area contributed by atoms with E-state index in [9.17, 15) is 0 Å². The molecule has 0 aromatic heterocycles. The van der Waals surface area contributed by atoms with Gasteiger partial charge in [-0.15, -0.1) is 0 Å². The molecule has 7 rings (SSSR count). The number of rotatable bonds is 24. The molecule has 0 aliphatic carbocycles. The molecule has 2 nitrogen and oxygen atoms in total. The van der Waals surface area contributed by atoms with Gasteiger partial charge in [0, 0.05) is 31.2 Å². The van der Waals surface area contributed by atoms with Crippen LogP contribution in [0.15, 0.2) is 118 Å². The molecular weight excluding hydrogens is 888 g/mol. The van der Waals surface area contributed by atoms with Crippen molar-refractivity contribution in [1.29, 1.82) is 0 Å². The fraction of sp³-hybridized carbons (Fsp3) is 0.414. The Kier molecular flexibility index (Phi) is 17.3. The van der Waals surface area contributed by atoms with Crippen molar-refractivity contribution >= 4 is 74.9 Å². The Hall–Kier alpha value is -3.86. The number of benzene rings is 7. The Morgan fingerprint density at radius 1 is 0.355 bits per heavy atom. The van der Waals surface area contributed by atoms with Crippen molar-refractivity contribution < 1.29 is 9.47 Å². The zero-order valence-electron chi connectivity index (χ0n) is 37.8. The van der Waals surface area contributed by atoms with Gasteiger partial charge in [-0.25, -0.2) is 0 Å². The molecule has 326 valence electrons. The van der Waals surface area contributed by atoms with E-state index in [1.807, 2.05) is 0 Å². The smallest absolute Gasteiger partial charge is 0.128 e. The summed E-state index contributed by atoms with van der Waals surface area (Å²) in [4.78, 5) is 0. The van der Waals surface area contributed by atoms with Gasteiger partial charge in [-0.3, -0.25) is 0 Å². The lowest BCUT2D eigenvalue weighted by Gasteiger charge is -2.26. The fourth-order valence-corrected chi connectivity index (χ4v) is 10.4. The van der Waals surface area contributed by atoms with E-state index in [0.29, 0.717) is 0 Å². The maximum atomic E-state index is 7.37. The molecule has 2 unspecified atom stereocenters. The van der Waals surface area contributed by atoms with Gasteiger partial charge in [0.05, 0.1) is 12.2 Å². The molecule has 0 bridgehead atoms. The molecule has 0 fully saturated rings. The second-order valence-corrected chi connectivity index (χ2v) is 19.5. The van der Waals surface area contributed by atoms with E-state index in [1.165, 1.54) is 155 Å². The van der Waals surface area contributed by atoms with Gasteiger partial charge < -0.3 is 9.47 Å². The van der Waals surface area contributed by atoms with Crippen molar-refractivity contribution in [2.24, 2.45) is 0 Å². The van der Waals surface area contributed by atoms with E-state index in [0.717, 1.165) is 46.1 Å². The highest BCUT2D eigenvalue weighted by Crippen LogP contribution is 2.52. The van der Waals surface area contributed by atoms with Crippen LogP contribution in [0.5, 0.6) is 11.5 Å². The van der Waals surface area contributed by atoms with Crippen molar-refractivity contribution in [2.75, 3.05) is 0 Å². The maximum Gasteiger partial charge on any atom is 0.128 e. The minimum atomic E-state index is 0.165. The first-order valence-electron chi connectivity index (χ1n) is 24.2. The average Bonchev–Trinajstić information content (AvgIpc) is 3.28. The minimum Gasteiger partial charge on any atom is -0.490 e. The molecule has 0 aliphatic heterocycles. The van der Waals surface area contributed by atoms with Crippen LogP contribution in [0.2, 0.25) is 0 Å². The Labute approximate surface area is 389 Å². The third-order valence-electron chi connectivity index (χ3n) is 12.9. The number of hydrogen-bond acceptors (Lipinski definition) is 2. The monoisotopic (exact) mass is 954 g/mol. The summed E-state index contributed by atoms with van der Waals surface area (Å²) in [6.45, 7) is 9.18. The maximum absolute atomic E-state index is 7.37. The second-order valence-electron chi connectivity index (χ2n) is 17.6. The molecule has 0 aliphatic rings. The summed E-state index contributed by atoms with van der Waals surface area (Å²) < 4.78 is 16.9. The Bertz CT molecular complexity index is 2360. The van der Waals surface area contributed by atoms with Crippen molar-refractivity contribution in [3.63, 3.8) is 0 Å². The van der Waals surface area contributed by atoms with Crippen LogP contribution in [-0.4, -0.2) is 12.2 Å². The summed E-state index contributed by atoms with van der Waals surface area (Å²) in [5.41, 5.74) is 4.79. The second kappa shape index (κ2) is 23.2. The quantitative estimate of drug-likeness (QED) is 0.0444. The van der Waals surface area contributed by atoms with E-state index < -0.39 is 0 Å². The summed E-state index contributed by atoms with van der Waals surface area (Å²) in [7, 11) is 0. The molecule has 4 heteroatoms. The topological polar surface area (TPSA) is 18.5 Å². The van der Waals surface area contributed by atoms with Crippen molar-refractivity contribution in [3.05, 3.63) is 118 Å². The summed E-state index contributed by atoms with van der Waals surface area (Å²) in [6.07, 6.45) is 21.8. The molecular formula is C58H68Br2O2. The third kappa shape index (κ3) is 11.1. The number of ether oxygens (including phenoxy) is 2. The molecule has 0 heterocycles. The number of hydrogen-bond donors (Lipinski definition) is 0. The van der Waals surface area contributed by atoms with Crippen LogP contribution in [0.25, 0.3) is 65.3 Å². The highest BCUT2D eigenvalue weighted by Gasteiger charge is 2.26. The molecule has 0 radical (unpaired) electrons. The first kappa shape index (κ1) is 46.1. The molecule has 7 aromatic rings. The molecule has 7 aromatic carbocycles. The van der Waals surface area contributed by atoms with Gasteiger partial charge >= 0.3 is 0 Å². The Balaban J connectivity index is 1.49. The summed E-state index contributed by atoms with van der Waals surface area (Å²) in [6, 6.07) is 40.6. The predicted molar refractivity (Wildman–Crippen MR) is 277 cm³/mol. The van der Waals surface area contributed by atoms with E-state index >= 15 is 0 Å². The van der Waals surface area contributed by atoms with Crippen LogP contribution in [0.3, 0.4) is 0 Å². The molecule has 0 amide bonds. The minimum absolute atomic E-state index is 0.165. The molecule has 0 spiro atoms. The van der Waals surface area contributed by atoms with Gasteiger partial charge in [0.2, 0.25) is 0 Å². The number of fused-ring (bicyclic) bond motifs is 4. The molecule has 0 saturated heterocycles. The zero-order valence-corrected chi connectivity index (χ0v) is 41.0. The molecule has 62 heavy (non-hydrogen) atoms. The van der Waals surface area contributed by atoms with Crippen molar-refractivity contribution in [2.45, 2.75) is 155 Å². The number of halogens is 2. The van der Waals surface area contributed by atoms with E-state index in [4.69, 9.17) is 9.47 Å². The fourth-order valence-electron chi connectivity index (χ4n) is 9.65. The van der Waals surface area contributed by atoms with Gasteiger partial charge in [0.25, 0.3) is 0 Å². The molecule has 2 atom stereocenters. The van der Waals surface area contributed by atoms with Gasteiger partial charge in [0.15, 0.2) is 0 Å². The molecule has 0 N–H and O–H groups in total. The lowest BCUT2D eigenvalue weighted by atomic mass is 9.83. The van der Waals surface area contributed by atoms with Crippen LogP contribution in [0.4, 0.5) is 0 Å². The van der Waals surface area contributed by atoms with Gasteiger partial charge in [0.1, 0.15) is 11.5 Å². The summed E-state index contributed by atoms with van der Waals surface area (Å²) in [5.74, 6) is 1.96. The van der Waals surface area contributed by atoms with Crippen LogP contribution in [0, 0.1) is 0 Å². The molecule has 0 saturated carbocycles. The third-order valence-corrected chi connectivity index (χ3v) is 13.9. The van der Waals surface area contributed by atoms with E-state index in [2.05, 4.69) is 169 Å². The first-order chi connectivity index (χ1) is 30.4. The van der Waals surface area contributed by atoms with Crippen LogP contribution < -0.4 is 9.47 Å². The van der Waals surface area contributed by atoms with Crippen LogP contribution >= 0.6 is 31.9 Å². The standard InChI is InChI=1S/C58H68Br2O2/c1-5-9-13-17-27-45(25-15-11-7-3)61-53-37-31-41-23-19-21-29-47(41)57(53)55-49-35-33-44(60)40-52(49)56(50-36-34-43(59)39-51(50)55)58-48-30-22-20-24-42(48)32-38-54(58)62-46(26-16-12-8-4)28-18-14-10-6-2/h19-24,29-40,45-46H,5-18,25-28H2,1-4H3. The van der Waals surface area contributed by atoms with Crippen LogP contribution in [-0.2, 0) is 0 Å². The zero-order chi connectivity index (χ0) is 43.3. The highest BCUT2D eigenvalue weighted by atomic mass is 79.9. The summed E-state index contributed by atoms with van der Waals surface area (Å²) >= 11 is 7.94. The lowest BCUT2D eigenvalue weighted by Crippen LogP contribution is -2.17. The Morgan fingerprint density at radius 3 is 1.13 bits per heavy atom. The normalized spacial score (nSPS) is 12.7. The first-order valence-corrected chi connectivity index (χ1v) is 25.8. The Morgan fingerprint density at radius 2 is 0.726 bits per heavy atom.